The summed E-state index contributed by atoms with van der Waals surface area (Å²) in [6.45, 7) is 5.84. The zero-order valence-corrected chi connectivity index (χ0v) is 14.2. The molecule has 2 rings (SSSR count). The lowest BCUT2D eigenvalue weighted by atomic mass is 9.99. The number of amides is 1. The molecule has 5 heteroatoms. The highest BCUT2D eigenvalue weighted by molar-refractivity contribution is 5.85. The molecule has 0 spiro atoms. The largest absolute Gasteiger partial charge is 0.494 e. The molecule has 0 aromatic heterocycles. The average molecular weight is 327 g/mol. The van der Waals surface area contributed by atoms with Crippen molar-refractivity contribution in [2.24, 2.45) is 0 Å². The summed E-state index contributed by atoms with van der Waals surface area (Å²) in [5, 5.41) is 6.55. The first-order valence-electron chi connectivity index (χ1n) is 7.93. The van der Waals surface area contributed by atoms with Crippen LogP contribution in [0.5, 0.6) is 5.75 Å². The van der Waals surface area contributed by atoms with Gasteiger partial charge in [-0.3, -0.25) is 4.79 Å². The van der Waals surface area contributed by atoms with Gasteiger partial charge in [0.2, 0.25) is 5.91 Å². The van der Waals surface area contributed by atoms with Crippen molar-refractivity contribution in [2.75, 3.05) is 13.2 Å². The maximum Gasteiger partial charge on any atom is 0.220 e. The van der Waals surface area contributed by atoms with Crippen LogP contribution in [-0.4, -0.2) is 31.1 Å². The van der Waals surface area contributed by atoms with Crippen LogP contribution < -0.4 is 15.4 Å². The summed E-state index contributed by atoms with van der Waals surface area (Å²) in [5.41, 5.74) is 1.17. The number of piperidine rings is 1. The normalized spacial score (nSPS) is 20.8. The van der Waals surface area contributed by atoms with Crippen molar-refractivity contribution in [2.45, 2.75) is 51.6 Å². The summed E-state index contributed by atoms with van der Waals surface area (Å²) in [6.07, 6.45) is 3.51. The zero-order chi connectivity index (χ0) is 15.1. The van der Waals surface area contributed by atoms with E-state index >= 15 is 0 Å². The van der Waals surface area contributed by atoms with E-state index in [2.05, 4.69) is 17.6 Å². The molecule has 0 saturated carbocycles. The van der Waals surface area contributed by atoms with Crippen LogP contribution in [0.2, 0.25) is 0 Å². The Morgan fingerprint density at radius 1 is 1.36 bits per heavy atom. The van der Waals surface area contributed by atoms with E-state index < -0.39 is 0 Å². The topological polar surface area (TPSA) is 50.4 Å². The lowest BCUT2D eigenvalue weighted by molar-refractivity contribution is -0.122. The monoisotopic (exact) mass is 326 g/mol. The predicted molar refractivity (Wildman–Crippen MR) is 91.8 cm³/mol. The zero-order valence-electron chi connectivity index (χ0n) is 13.4. The molecule has 1 saturated heterocycles. The van der Waals surface area contributed by atoms with Crippen LogP contribution in [0.25, 0.3) is 0 Å². The molecule has 4 nitrogen and oxygen atoms in total. The highest BCUT2D eigenvalue weighted by atomic mass is 35.5. The van der Waals surface area contributed by atoms with Crippen molar-refractivity contribution in [3.05, 3.63) is 29.8 Å². The number of carbonyl (C=O) groups excluding carboxylic acids is 1. The van der Waals surface area contributed by atoms with Gasteiger partial charge >= 0.3 is 0 Å². The number of hydrogen-bond acceptors (Lipinski definition) is 3. The fourth-order valence-electron chi connectivity index (χ4n) is 2.70. The average Bonchev–Trinajstić information content (AvgIpc) is 2.49. The van der Waals surface area contributed by atoms with Crippen LogP contribution in [0.4, 0.5) is 0 Å². The van der Waals surface area contributed by atoms with Gasteiger partial charge < -0.3 is 15.4 Å². The maximum atomic E-state index is 12.0. The summed E-state index contributed by atoms with van der Waals surface area (Å²) in [4.78, 5) is 12.0. The van der Waals surface area contributed by atoms with E-state index in [0.29, 0.717) is 19.1 Å². The molecule has 1 aliphatic rings. The van der Waals surface area contributed by atoms with Crippen LogP contribution in [0.15, 0.2) is 24.3 Å². The molecule has 1 amide bonds. The van der Waals surface area contributed by atoms with Gasteiger partial charge in [-0.2, -0.15) is 0 Å². The van der Waals surface area contributed by atoms with Gasteiger partial charge in [0, 0.05) is 18.5 Å². The van der Waals surface area contributed by atoms with Gasteiger partial charge in [-0.05, 0) is 57.4 Å². The van der Waals surface area contributed by atoms with Gasteiger partial charge in [0.1, 0.15) is 5.75 Å². The Labute approximate surface area is 139 Å². The molecule has 1 fully saturated rings. The molecule has 0 aliphatic carbocycles. The van der Waals surface area contributed by atoms with Gasteiger partial charge in [-0.15, -0.1) is 12.4 Å². The standard InChI is InChI=1S/C17H26N2O2.ClH/c1-3-21-15-9-6-14(7-10-15)8-11-17(20)19-16-5-4-12-18-13(16)2;/h6-7,9-10,13,16,18H,3-5,8,11-12H2,1-2H3,(H,19,20);1H. The predicted octanol–water partition coefficient (Wildman–Crippen LogP) is 2.70. The third kappa shape index (κ3) is 5.85. The number of ether oxygens (including phenoxy) is 1. The summed E-state index contributed by atoms with van der Waals surface area (Å²) in [5.74, 6) is 1.03. The maximum absolute atomic E-state index is 12.0. The fourth-order valence-corrected chi connectivity index (χ4v) is 2.70. The lowest BCUT2D eigenvalue weighted by Crippen LogP contribution is -2.51. The van der Waals surface area contributed by atoms with Gasteiger partial charge in [0.15, 0.2) is 0 Å². The summed E-state index contributed by atoms with van der Waals surface area (Å²) in [6, 6.07) is 8.62. The molecule has 2 N–H and O–H groups in total. The van der Waals surface area contributed by atoms with Gasteiger partial charge in [0.25, 0.3) is 0 Å². The van der Waals surface area contributed by atoms with Gasteiger partial charge in [-0.1, -0.05) is 12.1 Å². The Balaban J connectivity index is 0.00000242. The molecular formula is C17H27ClN2O2. The summed E-state index contributed by atoms with van der Waals surface area (Å²) >= 11 is 0. The molecule has 2 atom stereocenters. The van der Waals surface area contributed by atoms with Crippen LogP contribution in [0.1, 0.15) is 38.7 Å². The second kappa shape index (κ2) is 9.70. The minimum Gasteiger partial charge on any atom is -0.494 e. The summed E-state index contributed by atoms with van der Waals surface area (Å²) < 4.78 is 5.41. The Bertz CT molecular complexity index is 450. The first-order valence-corrected chi connectivity index (χ1v) is 7.93. The number of carbonyl (C=O) groups is 1. The van der Waals surface area contributed by atoms with E-state index in [1.54, 1.807) is 0 Å². The van der Waals surface area contributed by atoms with Crippen LogP contribution in [0, 0.1) is 0 Å². The Morgan fingerprint density at radius 3 is 2.73 bits per heavy atom. The third-order valence-corrected chi connectivity index (χ3v) is 3.98. The lowest BCUT2D eigenvalue weighted by Gasteiger charge is -2.30. The van der Waals surface area contributed by atoms with Crippen LogP contribution in [0.3, 0.4) is 0 Å². The number of nitrogens with one attached hydrogen (secondary N) is 2. The van der Waals surface area contributed by atoms with Gasteiger partial charge in [0.05, 0.1) is 6.61 Å². The van der Waals surface area contributed by atoms with Crippen molar-refractivity contribution in [3.63, 3.8) is 0 Å². The van der Waals surface area contributed by atoms with Crippen LogP contribution in [-0.2, 0) is 11.2 Å². The Hall–Kier alpha value is -1.26. The molecule has 1 aromatic rings. The Kier molecular flexibility index (Phi) is 8.28. The van der Waals surface area contributed by atoms with E-state index in [4.69, 9.17) is 4.74 Å². The van der Waals surface area contributed by atoms with Crippen molar-refractivity contribution in [3.8, 4) is 5.75 Å². The quantitative estimate of drug-likeness (QED) is 0.845. The van der Waals surface area contributed by atoms with Gasteiger partial charge in [-0.25, -0.2) is 0 Å². The molecule has 1 heterocycles. The van der Waals surface area contributed by atoms with Crippen molar-refractivity contribution < 1.29 is 9.53 Å². The minimum absolute atomic E-state index is 0. The molecule has 0 bridgehead atoms. The number of halogens is 1. The Morgan fingerprint density at radius 2 is 2.09 bits per heavy atom. The number of rotatable bonds is 6. The second-order valence-electron chi connectivity index (χ2n) is 5.64. The molecular weight excluding hydrogens is 300 g/mol. The van der Waals surface area contributed by atoms with E-state index in [1.165, 1.54) is 5.56 Å². The number of aryl methyl sites for hydroxylation is 1. The summed E-state index contributed by atoms with van der Waals surface area (Å²) in [7, 11) is 0. The van der Waals surface area contributed by atoms with E-state index in [-0.39, 0.29) is 24.4 Å². The van der Waals surface area contributed by atoms with Crippen molar-refractivity contribution in [1.82, 2.24) is 10.6 Å². The molecule has 22 heavy (non-hydrogen) atoms. The molecule has 2 unspecified atom stereocenters. The molecule has 0 radical (unpaired) electrons. The smallest absolute Gasteiger partial charge is 0.220 e. The van der Waals surface area contributed by atoms with Crippen molar-refractivity contribution >= 4 is 18.3 Å². The van der Waals surface area contributed by atoms with E-state index in [9.17, 15) is 4.79 Å². The van der Waals surface area contributed by atoms with E-state index in [1.807, 2.05) is 31.2 Å². The molecule has 124 valence electrons. The highest BCUT2D eigenvalue weighted by Gasteiger charge is 2.21. The minimum atomic E-state index is 0. The fraction of sp³-hybridized carbons (Fsp3) is 0.588. The van der Waals surface area contributed by atoms with Crippen molar-refractivity contribution in [1.29, 1.82) is 0 Å². The third-order valence-electron chi connectivity index (χ3n) is 3.98. The number of hydrogen-bond donors (Lipinski definition) is 2. The van der Waals surface area contributed by atoms with Crippen LogP contribution >= 0.6 is 12.4 Å². The van der Waals surface area contributed by atoms with E-state index in [0.717, 1.165) is 31.6 Å². The first kappa shape index (κ1) is 18.8. The first-order chi connectivity index (χ1) is 10.2. The second-order valence-corrected chi connectivity index (χ2v) is 5.64. The molecule has 1 aliphatic heterocycles. The highest BCUT2D eigenvalue weighted by Crippen LogP contribution is 2.14. The number of benzene rings is 1. The molecule has 1 aromatic carbocycles. The SMILES string of the molecule is CCOc1ccc(CCC(=O)NC2CCCNC2C)cc1.Cl.